The molecule has 0 saturated heterocycles. The zero-order chi connectivity index (χ0) is 20.8. The zero-order valence-corrected chi connectivity index (χ0v) is 16.8. The molecule has 2 aromatic heterocycles. The SMILES string of the molecule is Cn1c(=O)c2ccccc2n(Cc2nc(-c3ccc(C(C)(C)C)cc3)no2)c1=O. The van der Waals surface area contributed by atoms with Crippen molar-refractivity contribution in [2.75, 3.05) is 0 Å². The molecular weight excluding hydrogens is 368 g/mol. The molecule has 2 aromatic carbocycles. The van der Waals surface area contributed by atoms with Gasteiger partial charge in [-0.05, 0) is 23.1 Å². The van der Waals surface area contributed by atoms with Crippen LogP contribution >= 0.6 is 0 Å². The fourth-order valence-corrected chi connectivity index (χ4v) is 3.29. The van der Waals surface area contributed by atoms with Crippen LogP contribution in [0.25, 0.3) is 22.3 Å². The molecule has 0 unspecified atom stereocenters. The maximum absolute atomic E-state index is 12.7. The van der Waals surface area contributed by atoms with E-state index >= 15 is 0 Å². The lowest BCUT2D eigenvalue weighted by Crippen LogP contribution is -2.38. The van der Waals surface area contributed by atoms with Crippen molar-refractivity contribution in [1.82, 2.24) is 19.3 Å². The monoisotopic (exact) mass is 390 g/mol. The average molecular weight is 390 g/mol. The van der Waals surface area contributed by atoms with Gasteiger partial charge in [0.25, 0.3) is 5.56 Å². The van der Waals surface area contributed by atoms with E-state index in [0.717, 1.165) is 10.1 Å². The van der Waals surface area contributed by atoms with Gasteiger partial charge in [-0.15, -0.1) is 0 Å². The molecule has 0 spiro atoms. The van der Waals surface area contributed by atoms with E-state index in [2.05, 4.69) is 43.0 Å². The van der Waals surface area contributed by atoms with Crippen molar-refractivity contribution >= 4 is 10.9 Å². The van der Waals surface area contributed by atoms with Crippen molar-refractivity contribution in [1.29, 1.82) is 0 Å². The molecule has 0 fully saturated rings. The molecular formula is C22H22N4O3. The summed E-state index contributed by atoms with van der Waals surface area (Å²) in [4.78, 5) is 29.4. The number of aromatic nitrogens is 4. The summed E-state index contributed by atoms with van der Waals surface area (Å²) in [6.07, 6.45) is 0. The molecule has 148 valence electrons. The molecule has 7 nitrogen and oxygen atoms in total. The van der Waals surface area contributed by atoms with E-state index in [0.29, 0.717) is 22.6 Å². The molecule has 0 aliphatic rings. The van der Waals surface area contributed by atoms with Crippen molar-refractivity contribution in [3.63, 3.8) is 0 Å². The van der Waals surface area contributed by atoms with Crippen LogP contribution in [0, 0.1) is 0 Å². The van der Waals surface area contributed by atoms with Crippen LogP contribution in [-0.2, 0) is 19.0 Å². The predicted molar refractivity (Wildman–Crippen MR) is 111 cm³/mol. The van der Waals surface area contributed by atoms with Gasteiger partial charge in [0.05, 0.1) is 10.9 Å². The maximum Gasteiger partial charge on any atom is 0.331 e. The third kappa shape index (κ3) is 3.40. The van der Waals surface area contributed by atoms with E-state index in [1.807, 2.05) is 12.1 Å². The van der Waals surface area contributed by atoms with E-state index < -0.39 is 5.69 Å². The van der Waals surface area contributed by atoms with Crippen LogP contribution in [-0.4, -0.2) is 19.3 Å². The molecule has 0 radical (unpaired) electrons. The number of hydrogen-bond acceptors (Lipinski definition) is 5. The fourth-order valence-electron chi connectivity index (χ4n) is 3.29. The Morgan fingerprint density at radius 2 is 1.69 bits per heavy atom. The Bertz CT molecular complexity index is 1310. The molecule has 0 amide bonds. The van der Waals surface area contributed by atoms with Gasteiger partial charge in [0.1, 0.15) is 6.54 Å². The number of hydrogen-bond donors (Lipinski definition) is 0. The minimum atomic E-state index is -0.428. The Labute approximate surface area is 167 Å². The number of benzene rings is 2. The van der Waals surface area contributed by atoms with Crippen LogP contribution in [0.1, 0.15) is 32.2 Å². The smallest absolute Gasteiger partial charge is 0.331 e. The molecule has 7 heteroatoms. The lowest BCUT2D eigenvalue weighted by atomic mass is 9.87. The highest BCUT2D eigenvalue weighted by Crippen LogP contribution is 2.25. The quantitative estimate of drug-likeness (QED) is 0.537. The third-order valence-electron chi connectivity index (χ3n) is 5.02. The Morgan fingerprint density at radius 1 is 1.00 bits per heavy atom. The van der Waals surface area contributed by atoms with E-state index in [1.54, 1.807) is 24.3 Å². The van der Waals surface area contributed by atoms with E-state index in [4.69, 9.17) is 4.52 Å². The van der Waals surface area contributed by atoms with Crippen LogP contribution in [0.2, 0.25) is 0 Å². The highest BCUT2D eigenvalue weighted by atomic mass is 16.5. The summed E-state index contributed by atoms with van der Waals surface area (Å²) in [7, 11) is 1.46. The molecule has 0 saturated carbocycles. The van der Waals surface area contributed by atoms with Crippen LogP contribution in [0.15, 0.2) is 62.6 Å². The van der Waals surface area contributed by atoms with Gasteiger partial charge in [-0.3, -0.25) is 13.9 Å². The number of nitrogens with zero attached hydrogens (tertiary/aromatic N) is 4. The molecule has 0 aliphatic carbocycles. The lowest BCUT2D eigenvalue weighted by molar-refractivity contribution is 0.370. The predicted octanol–water partition coefficient (Wildman–Crippen LogP) is 3.10. The van der Waals surface area contributed by atoms with Crippen molar-refractivity contribution in [3.05, 3.63) is 80.8 Å². The second-order valence-electron chi connectivity index (χ2n) is 8.09. The Kier molecular flexibility index (Phi) is 4.45. The second-order valence-corrected chi connectivity index (χ2v) is 8.09. The minimum absolute atomic E-state index is 0.0619. The first-order chi connectivity index (χ1) is 13.8. The summed E-state index contributed by atoms with van der Waals surface area (Å²) in [5.41, 5.74) is 1.90. The van der Waals surface area contributed by atoms with E-state index in [-0.39, 0.29) is 17.5 Å². The number of para-hydroxylation sites is 1. The van der Waals surface area contributed by atoms with Gasteiger partial charge >= 0.3 is 5.69 Å². The van der Waals surface area contributed by atoms with E-state index in [1.165, 1.54) is 17.2 Å². The first-order valence-electron chi connectivity index (χ1n) is 9.38. The highest BCUT2D eigenvalue weighted by molar-refractivity contribution is 5.77. The molecule has 4 aromatic rings. The first-order valence-corrected chi connectivity index (χ1v) is 9.38. The molecule has 0 aliphatic heterocycles. The number of fused-ring (bicyclic) bond motifs is 1. The molecule has 0 N–H and O–H groups in total. The normalized spacial score (nSPS) is 11.9. The van der Waals surface area contributed by atoms with Crippen LogP contribution in [0.5, 0.6) is 0 Å². The first kappa shape index (κ1) is 18.9. The van der Waals surface area contributed by atoms with Gasteiger partial charge in [-0.25, -0.2) is 4.79 Å². The van der Waals surface area contributed by atoms with Gasteiger partial charge in [-0.1, -0.05) is 62.3 Å². The highest BCUT2D eigenvalue weighted by Gasteiger charge is 2.16. The van der Waals surface area contributed by atoms with Gasteiger partial charge in [-0.2, -0.15) is 4.98 Å². The zero-order valence-electron chi connectivity index (χ0n) is 16.8. The van der Waals surface area contributed by atoms with Crippen molar-refractivity contribution in [3.8, 4) is 11.4 Å². The van der Waals surface area contributed by atoms with Gasteiger partial charge in [0, 0.05) is 12.6 Å². The topological polar surface area (TPSA) is 82.9 Å². The standard InChI is InChI=1S/C22H22N4O3/c1-22(2,3)15-11-9-14(10-12-15)19-23-18(29-24-19)13-26-17-8-6-5-7-16(17)20(27)25(4)21(26)28/h5-12H,13H2,1-4H3. The average Bonchev–Trinajstić information content (AvgIpc) is 3.18. The van der Waals surface area contributed by atoms with Gasteiger partial charge in [0.15, 0.2) is 0 Å². The van der Waals surface area contributed by atoms with E-state index in [9.17, 15) is 9.59 Å². The van der Waals surface area contributed by atoms with Crippen LogP contribution < -0.4 is 11.2 Å². The second kappa shape index (κ2) is 6.84. The molecule has 29 heavy (non-hydrogen) atoms. The van der Waals surface area contributed by atoms with Crippen molar-refractivity contribution in [2.45, 2.75) is 32.7 Å². The van der Waals surface area contributed by atoms with Crippen molar-refractivity contribution in [2.24, 2.45) is 7.05 Å². The molecule has 0 bridgehead atoms. The van der Waals surface area contributed by atoms with Crippen LogP contribution in [0.3, 0.4) is 0 Å². The summed E-state index contributed by atoms with van der Waals surface area (Å²) in [5.74, 6) is 0.758. The van der Waals surface area contributed by atoms with Crippen LogP contribution in [0.4, 0.5) is 0 Å². The van der Waals surface area contributed by atoms with Gasteiger partial charge < -0.3 is 4.52 Å². The number of rotatable bonds is 3. The summed E-state index contributed by atoms with van der Waals surface area (Å²) in [6, 6.07) is 15.0. The fraction of sp³-hybridized carbons (Fsp3) is 0.273. The molecule has 0 atom stereocenters. The van der Waals surface area contributed by atoms with Gasteiger partial charge in [0.2, 0.25) is 11.7 Å². The summed E-state index contributed by atoms with van der Waals surface area (Å²) >= 11 is 0. The Hall–Kier alpha value is -3.48. The van der Waals surface area contributed by atoms with Crippen molar-refractivity contribution < 1.29 is 4.52 Å². The Morgan fingerprint density at radius 3 is 2.38 bits per heavy atom. The third-order valence-corrected chi connectivity index (χ3v) is 5.02. The lowest BCUT2D eigenvalue weighted by Gasteiger charge is -2.18. The minimum Gasteiger partial charge on any atom is -0.337 e. The summed E-state index contributed by atoms with van der Waals surface area (Å²) in [6.45, 7) is 6.55. The molecule has 2 heterocycles. The Balaban J connectivity index is 1.71. The summed E-state index contributed by atoms with van der Waals surface area (Å²) < 4.78 is 7.94. The largest absolute Gasteiger partial charge is 0.337 e. The summed E-state index contributed by atoms with van der Waals surface area (Å²) in [5, 5.41) is 4.52. The maximum atomic E-state index is 12.7. The molecule has 4 rings (SSSR count).